The average molecular weight is 271 g/mol. The molecular weight excluding hydrogens is 253 g/mol. The van der Waals surface area contributed by atoms with Crippen LogP contribution in [-0.4, -0.2) is 32.5 Å². The van der Waals surface area contributed by atoms with Gasteiger partial charge in [-0.25, -0.2) is 12.8 Å². The molecule has 1 saturated heterocycles. The summed E-state index contributed by atoms with van der Waals surface area (Å²) in [6.45, 7) is 0.802. The molecule has 1 N–H and O–H groups in total. The lowest BCUT2D eigenvalue weighted by Crippen LogP contribution is -2.38. The molecular formula is C13H18FNO2S. The first kappa shape index (κ1) is 13.5. The summed E-state index contributed by atoms with van der Waals surface area (Å²) in [5, 5.41) is 3.36. The minimum Gasteiger partial charge on any atom is -0.314 e. The summed E-state index contributed by atoms with van der Waals surface area (Å²) in [6, 6.07) is 6.78. The molecule has 0 aliphatic carbocycles. The molecule has 5 heteroatoms. The maximum Gasteiger partial charge on any atom is 0.150 e. The van der Waals surface area contributed by atoms with Crippen LogP contribution in [-0.2, 0) is 16.3 Å². The van der Waals surface area contributed by atoms with E-state index >= 15 is 0 Å². The maximum absolute atomic E-state index is 12.7. The molecule has 0 amide bonds. The molecule has 0 saturated carbocycles. The van der Waals surface area contributed by atoms with E-state index in [2.05, 4.69) is 5.32 Å². The summed E-state index contributed by atoms with van der Waals surface area (Å²) in [7, 11) is -2.78. The first-order chi connectivity index (χ1) is 8.55. The summed E-state index contributed by atoms with van der Waals surface area (Å²) < 4.78 is 35.2. The Morgan fingerprint density at radius 1 is 1.17 bits per heavy atom. The van der Waals surface area contributed by atoms with E-state index in [0.717, 1.165) is 18.5 Å². The van der Waals surface area contributed by atoms with Crippen LogP contribution in [0.15, 0.2) is 24.3 Å². The van der Waals surface area contributed by atoms with Gasteiger partial charge in [-0.1, -0.05) is 12.1 Å². The fourth-order valence-electron chi connectivity index (χ4n) is 2.17. The Hall–Kier alpha value is -0.940. The predicted octanol–water partition coefficient (Wildman–Crippen LogP) is 1.53. The number of nitrogens with one attached hydrogen (secondary N) is 1. The van der Waals surface area contributed by atoms with Gasteiger partial charge in [0.15, 0.2) is 0 Å². The normalized spacial score (nSPS) is 19.8. The Morgan fingerprint density at radius 3 is 2.39 bits per heavy atom. The highest BCUT2D eigenvalue weighted by atomic mass is 32.2. The number of hydrogen-bond acceptors (Lipinski definition) is 3. The molecule has 3 nitrogen and oxygen atoms in total. The van der Waals surface area contributed by atoms with Crippen LogP contribution in [0.25, 0.3) is 0 Å². The van der Waals surface area contributed by atoms with Crippen LogP contribution in [0.5, 0.6) is 0 Å². The number of hydrogen-bond donors (Lipinski definition) is 1. The minimum absolute atomic E-state index is 0.218. The predicted molar refractivity (Wildman–Crippen MR) is 69.8 cm³/mol. The number of benzene rings is 1. The molecule has 1 fully saturated rings. The fourth-order valence-corrected chi connectivity index (χ4v) is 3.66. The van der Waals surface area contributed by atoms with Crippen LogP contribution in [0.1, 0.15) is 18.4 Å². The lowest BCUT2D eigenvalue weighted by molar-refractivity contribution is 0.466. The van der Waals surface area contributed by atoms with Crippen molar-refractivity contribution >= 4 is 9.84 Å². The molecule has 2 rings (SSSR count). The van der Waals surface area contributed by atoms with Crippen LogP contribution in [0.3, 0.4) is 0 Å². The maximum atomic E-state index is 12.7. The van der Waals surface area contributed by atoms with Gasteiger partial charge in [-0.3, -0.25) is 0 Å². The Kier molecular flexibility index (Phi) is 4.35. The lowest BCUT2D eigenvalue weighted by atomic mass is 10.1. The van der Waals surface area contributed by atoms with E-state index in [9.17, 15) is 12.8 Å². The first-order valence-corrected chi connectivity index (χ1v) is 8.05. The van der Waals surface area contributed by atoms with Crippen molar-refractivity contribution in [3.05, 3.63) is 35.6 Å². The van der Waals surface area contributed by atoms with E-state index in [1.54, 1.807) is 12.1 Å². The molecule has 0 radical (unpaired) electrons. The Morgan fingerprint density at radius 2 is 1.78 bits per heavy atom. The van der Waals surface area contributed by atoms with Gasteiger partial charge < -0.3 is 5.32 Å². The summed E-state index contributed by atoms with van der Waals surface area (Å²) in [6.07, 6.45) is 2.24. The molecule has 0 aromatic heterocycles. The van der Waals surface area contributed by atoms with Crippen LogP contribution >= 0.6 is 0 Å². The Balaban J connectivity index is 1.71. The minimum atomic E-state index is -2.78. The zero-order valence-corrected chi connectivity index (χ0v) is 11.0. The standard InChI is InChI=1S/C13H18FNO2S/c14-12-3-1-11(2-4-12)5-8-15-13-6-9-18(16,17)10-7-13/h1-4,13,15H,5-10H2. The highest BCUT2D eigenvalue weighted by Crippen LogP contribution is 2.12. The van der Waals surface area contributed by atoms with Gasteiger partial charge in [-0.2, -0.15) is 0 Å². The zero-order chi connectivity index (χ0) is 13.0. The van der Waals surface area contributed by atoms with Crippen LogP contribution < -0.4 is 5.32 Å². The van der Waals surface area contributed by atoms with Crippen LogP contribution in [0.4, 0.5) is 4.39 Å². The van der Waals surface area contributed by atoms with Crippen molar-refractivity contribution in [1.29, 1.82) is 0 Å². The largest absolute Gasteiger partial charge is 0.314 e. The lowest BCUT2D eigenvalue weighted by Gasteiger charge is -2.23. The average Bonchev–Trinajstić information content (AvgIpc) is 2.34. The van der Waals surface area contributed by atoms with E-state index < -0.39 is 9.84 Å². The summed E-state index contributed by atoms with van der Waals surface area (Å²) in [4.78, 5) is 0. The third kappa shape index (κ3) is 4.07. The highest BCUT2D eigenvalue weighted by Gasteiger charge is 2.22. The van der Waals surface area contributed by atoms with Crippen molar-refractivity contribution in [2.45, 2.75) is 25.3 Å². The van der Waals surface area contributed by atoms with Gasteiger partial charge in [-0.05, 0) is 43.5 Å². The van der Waals surface area contributed by atoms with Crippen molar-refractivity contribution in [3.63, 3.8) is 0 Å². The van der Waals surface area contributed by atoms with Gasteiger partial charge in [0.05, 0.1) is 11.5 Å². The molecule has 1 aliphatic heterocycles. The molecule has 1 aliphatic rings. The molecule has 0 bridgehead atoms. The fraction of sp³-hybridized carbons (Fsp3) is 0.538. The SMILES string of the molecule is O=S1(=O)CCC(NCCc2ccc(F)cc2)CC1. The number of halogens is 1. The topological polar surface area (TPSA) is 46.2 Å². The molecule has 1 aromatic carbocycles. The second kappa shape index (κ2) is 5.80. The van der Waals surface area contributed by atoms with E-state index in [0.29, 0.717) is 30.4 Å². The van der Waals surface area contributed by atoms with Crippen LogP contribution in [0.2, 0.25) is 0 Å². The third-order valence-electron chi connectivity index (χ3n) is 3.31. The third-order valence-corrected chi connectivity index (χ3v) is 5.03. The molecule has 0 unspecified atom stereocenters. The second-order valence-electron chi connectivity index (χ2n) is 4.76. The number of rotatable bonds is 4. The Bertz CT molecular complexity index is 470. The highest BCUT2D eigenvalue weighted by molar-refractivity contribution is 7.91. The molecule has 1 heterocycles. The zero-order valence-electron chi connectivity index (χ0n) is 10.2. The van der Waals surface area contributed by atoms with E-state index in [-0.39, 0.29) is 5.82 Å². The Labute approximate surface area is 107 Å². The summed E-state index contributed by atoms with van der Waals surface area (Å²) >= 11 is 0. The van der Waals surface area contributed by atoms with Crippen molar-refractivity contribution in [3.8, 4) is 0 Å². The van der Waals surface area contributed by atoms with Crippen molar-refractivity contribution < 1.29 is 12.8 Å². The van der Waals surface area contributed by atoms with Gasteiger partial charge in [0.2, 0.25) is 0 Å². The van der Waals surface area contributed by atoms with Gasteiger partial charge in [-0.15, -0.1) is 0 Å². The van der Waals surface area contributed by atoms with Gasteiger partial charge in [0.1, 0.15) is 15.7 Å². The molecule has 18 heavy (non-hydrogen) atoms. The van der Waals surface area contributed by atoms with Crippen molar-refractivity contribution in [2.24, 2.45) is 0 Å². The smallest absolute Gasteiger partial charge is 0.150 e. The van der Waals surface area contributed by atoms with Gasteiger partial charge in [0, 0.05) is 6.04 Å². The molecule has 100 valence electrons. The van der Waals surface area contributed by atoms with Gasteiger partial charge >= 0.3 is 0 Å². The molecule has 0 spiro atoms. The van der Waals surface area contributed by atoms with Crippen LogP contribution in [0, 0.1) is 5.82 Å². The van der Waals surface area contributed by atoms with E-state index in [1.807, 2.05) is 0 Å². The van der Waals surface area contributed by atoms with Gasteiger partial charge in [0.25, 0.3) is 0 Å². The van der Waals surface area contributed by atoms with Crippen molar-refractivity contribution in [1.82, 2.24) is 5.32 Å². The van der Waals surface area contributed by atoms with Crippen molar-refractivity contribution in [2.75, 3.05) is 18.1 Å². The van der Waals surface area contributed by atoms with E-state index in [4.69, 9.17) is 0 Å². The molecule has 1 aromatic rings. The summed E-state index contributed by atoms with van der Waals surface area (Å²) in [5.74, 6) is 0.367. The monoisotopic (exact) mass is 271 g/mol. The first-order valence-electron chi connectivity index (χ1n) is 6.23. The summed E-state index contributed by atoms with van der Waals surface area (Å²) in [5.41, 5.74) is 1.09. The number of sulfone groups is 1. The quantitative estimate of drug-likeness (QED) is 0.903. The molecule has 0 atom stereocenters. The van der Waals surface area contributed by atoms with E-state index in [1.165, 1.54) is 12.1 Å². The second-order valence-corrected chi connectivity index (χ2v) is 7.06.